The molecule has 0 bridgehead atoms. The number of primary sulfonamides is 1. The van der Waals surface area contributed by atoms with Gasteiger partial charge in [0.15, 0.2) is 0 Å². The number of hydrogen-bond acceptors (Lipinski definition) is 5. The summed E-state index contributed by atoms with van der Waals surface area (Å²) in [5.74, 6) is 0. The molecule has 12 heteroatoms. The van der Waals surface area contributed by atoms with E-state index in [0.717, 1.165) is 0 Å². The van der Waals surface area contributed by atoms with E-state index in [2.05, 4.69) is 10.6 Å². The van der Waals surface area contributed by atoms with Gasteiger partial charge < -0.3 is 10.6 Å². The molecule has 0 aliphatic carbocycles. The number of halogens is 2. The van der Waals surface area contributed by atoms with E-state index in [9.17, 15) is 23.3 Å². The Bertz CT molecular complexity index is 1280. The van der Waals surface area contributed by atoms with Crippen molar-refractivity contribution in [3.05, 3.63) is 80.8 Å². The summed E-state index contributed by atoms with van der Waals surface area (Å²) in [6, 6.07) is 13.6. The van der Waals surface area contributed by atoms with E-state index < -0.39 is 21.0 Å². The van der Waals surface area contributed by atoms with Crippen LogP contribution in [0.4, 0.5) is 21.9 Å². The highest BCUT2D eigenvalue weighted by atomic mass is 35.5. The van der Waals surface area contributed by atoms with Crippen LogP contribution in [0.25, 0.3) is 11.1 Å². The number of hydrogen-bond donors (Lipinski definition) is 3. The minimum atomic E-state index is -4.07. The number of nitrogens with two attached hydrogens (primary N) is 1. The number of benzene rings is 3. The third-order valence-corrected chi connectivity index (χ3v) is 5.87. The minimum Gasteiger partial charge on any atom is -0.308 e. The van der Waals surface area contributed by atoms with Crippen LogP contribution >= 0.6 is 23.2 Å². The highest BCUT2D eigenvalue weighted by Crippen LogP contribution is 2.38. The predicted octanol–water partition coefficient (Wildman–Crippen LogP) is 4.86. The first-order valence-corrected chi connectivity index (χ1v) is 10.8. The quantitative estimate of drug-likeness (QED) is 0.352. The smallest absolute Gasteiger partial charge is 0.308 e. The van der Waals surface area contributed by atoms with Crippen molar-refractivity contribution in [2.24, 2.45) is 5.14 Å². The monoisotopic (exact) mass is 480 g/mol. The zero-order valence-electron chi connectivity index (χ0n) is 15.5. The van der Waals surface area contributed by atoms with Crippen molar-refractivity contribution in [1.82, 2.24) is 0 Å². The van der Waals surface area contributed by atoms with Gasteiger partial charge in [-0.05, 0) is 35.9 Å². The second-order valence-electron chi connectivity index (χ2n) is 6.24. The normalized spacial score (nSPS) is 11.1. The number of carbonyl (C=O) groups is 1. The number of nitro benzene ring substituents is 1. The summed E-state index contributed by atoms with van der Waals surface area (Å²) in [6.07, 6.45) is 0. The third kappa shape index (κ3) is 5.30. The van der Waals surface area contributed by atoms with Crippen LogP contribution in [0.5, 0.6) is 0 Å². The first kappa shape index (κ1) is 22.5. The van der Waals surface area contributed by atoms with Crippen molar-refractivity contribution < 1.29 is 18.1 Å². The molecule has 9 nitrogen and oxygen atoms in total. The molecule has 0 aliphatic rings. The summed E-state index contributed by atoms with van der Waals surface area (Å²) >= 11 is 12.2. The molecule has 3 aromatic carbocycles. The number of amides is 2. The molecular weight excluding hydrogens is 467 g/mol. The van der Waals surface area contributed by atoms with Gasteiger partial charge >= 0.3 is 6.03 Å². The number of urea groups is 1. The maximum absolute atomic E-state index is 12.2. The number of rotatable bonds is 5. The van der Waals surface area contributed by atoms with Gasteiger partial charge in [0.1, 0.15) is 0 Å². The van der Waals surface area contributed by atoms with Crippen LogP contribution in [0.3, 0.4) is 0 Å². The van der Waals surface area contributed by atoms with E-state index >= 15 is 0 Å². The van der Waals surface area contributed by atoms with Crippen molar-refractivity contribution >= 4 is 56.3 Å². The fraction of sp³-hybridized carbons (Fsp3) is 0. The predicted molar refractivity (Wildman–Crippen MR) is 119 cm³/mol. The zero-order chi connectivity index (χ0) is 22.8. The van der Waals surface area contributed by atoms with Gasteiger partial charge in [-0.1, -0.05) is 41.4 Å². The lowest BCUT2D eigenvalue weighted by molar-refractivity contribution is -0.384. The fourth-order valence-electron chi connectivity index (χ4n) is 2.75. The molecular formula is C19H14Cl2N4O5S. The summed E-state index contributed by atoms with van der Waals surface area (Å²) < 4.78 is 23.8. The molecule has 0 aliphatic heterocycles. The number of carbonyl (C=O) groups excluding carboxylic acids is 1. The van der Waals surface area contributed by atoms with Gasteiger partial charge in [0.2, 0.25) is 10.0 Å². The lowest BCUT2D eigenvalue weighted by Gasteiger charge is -2.13. The summed E-state index contributed by atoms with van der Waals surface area (Å²) in [5, 5.41) is 21.3. The first-order valence-electron chi connectivity index (χ1n) is 8.50. The molecule has 3 rings (SSSR count). The average molecular weight is 481 g/mol. The van der Waals surface area contributed by atoms with Gasteiger partial charge in [0.05, 0.1) is 19.9 Å². The van der Waals surface area contributed by atoms with E-state index in [1.165, 1.54) is 60.7 Å². The summed E-state index contributed by atoms with van der Waals surface area (Å²) in [6.45, 7) is 0. The molecule has 0 unspecified atom stereocenters. The van der Waals surface area contributed by atoms with Gasteiger partial charge in [0, 0.05) is 29.1 Å². The number of anilines is 2. The lowest BCUT2D eigenvalue weighted by atomic mass is 10.1. The third-order valence-electron chi connectivity index (χ3n) is 4.11. The Balaban J connectivity index is 1.82. The number of nitrogens with zero attached hydrogens (tertiary/aromatic N) is 1. The molecule has 0 spiro atoms. The lowest BCUT2D eigenvalue weighted by Crippen LogP contribution is -2.19. The molecule has 0 aromatic heterocycles. The highest BCUT2D eigenvalue weighted by molar-refractivity contribution is 7.89. The van der Waals surface area contributed by atoms with E-state index in [1.54, 1.807) is 0 Å². The Morgan fingerprint density at radius 3 is 2.23 bits per heavy atom. The molecule has 0 atom stereocenters. The molecule has 4 N–H and O–H groups in total. The van der Waals surface area contributed by atoms with Gasteiger partial charge in [-0.15, -0.1) is 0 Å². The van der Waals surface area contributed by atoms with Crippen LogP contribution in [-0.4, -0.2) is 19.4 Å². The number of nitro groups is 1. The van der Waals surface area contributed by atoms with Crippen LogP contribution < -0.4 is 15.8 Å². The fourth-order valence-corrected chi connectivity index (χ4v) is 4.00. The van der Waals surface area contributed by atoms with Crippen LogP contribution in [0, 0.1) is 10.1 Å². The van der Waals surface area contributed by atoms with Gasteiger partial charge in [-0.2, -0.15) is 0 Å². The van der Waals surface area contributed by atoms with Crippen LogP contribution in [0.1, 0.15) is 0 Å². The van der Waals surface area contributed by atoms with E-state index in [-0.39, 0.29) is 31.9 Å². The van der Waals surface area contributed by atoms with Gasteiger partial charge in [-0.25, -0.2) is 18.4 Å². The average Bonchev–Trinajstić information content (AvgIpc) is 2.70. The maximum Gasteiger partial charge on any atom is 0.323 e. The highest BCUT2D eigenvalue weighted by Gasteiger charge is 2.20. The van der Waals surface area contributed by atoms with Gasteiger partial charge in [-0.3, -0.25) is 10.1 Å². The molecule has 0 saturated carbocycles. The molecule has 0 saturated heterocycles. The van der Waals surface area contributed by atoms with Crippen molar-refractivity contribution in [2.45, 2.75) is 4.90 Å². The second kappa shape index (κ2) is 8.90. The van der Waals surface area contributed by atoms with Gasteiger partial charge in [0.25, 0.3) is 5.69 Å². The van der Waals surface area contributed by atoms with E-state index in [0.29, 0.717) is 11.3 Å². The van der Waals surface area contributed by atoms with Crippen LogP contribution in [-0.2, 0) is 10.0 Å². The number of nitrogens with one attached hydrogen (secondary N) is 2. The van der Waals surface area contributed by atoms with Crippen molar-refractivity contribution in [3.63, 3.8) is 0 Å². The standard InChI is InChI=1S/C19H14Cl2N4O5S/c20-15-8-9-16(31(22,29)30)17(18(15)21)11-4-6-12(7-5-11)23-19(26)24-13-2-1-3-14(10-13)25(27)28/h1-10H,(H2,22,29,30)(H2,23,24,26). The summed E-state index contributed by atoms with van der Waals surface area (Å²) in [4.78, 5) is 22.2. The van der Waals surface area contributed by atoms with E-state index in [1.807, 2.05) is 0 Å². The second-order valence-corrected chi connectivity index (χ2v) is 8.56. The van der Waals surface area contributed by atoms with Crippen LogP contribution in [0.15, 0.2) is 65.6 Å². The first-order chi connectivity index (χ1) is 14.6. The topological polar surface area (TPSA) is 144 Å². The van der Waals surface area contributed by atoms with Crippen molar-refractivity contribution in [3.8, 4) is 11.1 Å². The Morgan fingerprint density at radius 2 is 1.61 bits per heavy atom. The van der Waals surface area contributed by atoms with Crippen molar-refractivity contribution in [1.29, 1.82) is 0 Å². The Labute approximate surface area is 187 Å². The molecule has 31 heavy (non-hydrogen) atoms. The number of sulfonamides is 1. The maximum atomic E-state index is 12.2. The molecule has 0 fully saturated rings. The molecule has 0 heterocycles. The Kier molecular flexibility index (Phi) is 6.46. The van der Waals surface area contributed by atoms with Crippen molar-refractivity contribution in [2.75, 3.05) is 10.6 Å². The largest absolute Gasteiger partial charge is 0.323 e. The van der Waals surface area contributed by atoms with E-state index in [4.69, 9.17) is 28.3 Å². The SMILES string of the molecule is NS(=O)(=O)c1ccc(Cl)c(Cl)c1-c1ccc(NC(=O)Nc2cccc([N+](=O)[O-])c2)cc1. The Hall–Kier alpha value is -3.18. The summed E-state index contributed by atoms with van der Waals surface area (Å²) in [5.41, 5.74) is 1.02. The molecule has 0 radical (unpaired) electrons. The minimum absolute atomic E-state index is 0.0253. The summed E-state index contributed by atoms with van der Waals surface area (Å²) in [7, 11) is -4.07. The molecule has 160 valence electrons. The number of non-ortho nitro benzene ring substituents is 1. The molecule has 3 aromatic rings. The molecule has 2 amide bonds. The Morgan fingerprint density at radius 1 is 0.968 bits per heavy atom. The van der Waals surface area contributed by atoms with Crippen LogP contribution in [0.2, 0.25) is 10.0 Å². The zero-order valence-corrected chi connectivity index (χ0v) is 17.8.